The lowest BCUT2D eigenvalue weighted by Gasteiger charge is -2.14. The van der Waals surface area contributed by atoms with Crippen LogP contribution in [0.3, 0.4) is 0 Å². The van der Waals surface area contributed by atoms with Crippen LogP contribution in [0.1, 0.15) is 43.9 Å². The van der Waals surface area contributed by atoms with Gasteiger partial charge in [0.15, 0.2) is 0 Å². The molecule has 3 nitrogen and oxygen atoms in total. The zero-order valence-electron chi connectivity index (χ0n) is 13.8. The molecule has 2 aromatic rings. The monoisotopic (exact) mass is 321 g/mol. The van der Waals surface area contributed by atoms with Crippen molar-refractivity contribution in [2.45, 2.75) is 32.6 Å². The van der Waals surface area contributed by atoms with E-state index in [2.05, 4.69) is 28.8 Å². The van der Waals surface area contributed by atoms with Crippen LogP contribution in [0.25, 0.3) is 11.3 Å². The summed E-state index contributed by atoms with van der Waals surface area (Å²) >= 11 is 0. The van der Waals surface area contributed by atoms with Crippen LogP contribution in [0, 0.1) is 11.2 Å². The lowest BCUT2D eigenvalue weighted by atomic mass is 9.95. The standard InChI is InChI=1S/C20H20FN3/c1-13-7-8-20(9-10-20)19(13)17-11-23-18(12-22-17)24-14(2)15-5-3-4-6-16(15)21/h3-6,11-12H,2,7-10H2,1H3,(H,23,24). The number of aromatic nitrogens is 2. The number of nitrogens with one attached hydrogen (secondary N) is 1. The molecule has 122 valence electrons. The van der Waals surface area contributed by atoms with Crippen molar-refractivity contribution >= 4 is 17.1 Å². The topological polar surface area (TPSA) is 37.8 Å². The summed E-state index contributed by atoms with van der Waals surface area (Å²) in [6.07, 6.45) is 8.48. The zero-order chi connectivity index (χ0) is 16.7. The van der Waals surface area contributed by atoms with E-state index in [1.54, 1.807) is 24.4 Å². The van der Waals surface area contributed by atoms with Gasteiger partial charge in [0, 0.05) is 11.3 Å². The summed E-state index contributed by atoms with van der Waals surface area (Å²) in [5.41, 5.74) is 5.11. The fraction of sp³-hybridized carbons (Fsp3) is 0.300. The maximum Gasteiger partial charge on any atom is 0.148 e. The number of hydrogen-bond acceptors (Lipinski definition) is 3. The van der Waals surface area contributed by atoms with E-state index in [1.165, 1.54) is 42.9 Å². The van der Waals surface area contributed by atoms with E-state index < -0.39 is 0 Å². The molecule has 1 aromatic heterocycles. The highest BCUT2D eigenvalue weighted by Crippen LogP contribution is 2.63. The number of allylic oxidation sites excluding steroid dienone is 2. The van der Waals surface area contributed by atoms with Crippen molar-refractivity contribution in [3.8, 4) is 0 Å². The van der Waals surface area contributed by atoms with Crippen LogP contribution in [0.4, 0.5) is 10.2 Å². The second-order valence-corrected chi connectivity index (χ2v) is 6.81. The minimum Gasteiger partial charge on any atom is -0.339 e. The van der Waals surface area contributed by atoms with Gasteiger partial charge in [0.2, 0.25) is 0 Å². The lowest BCUT2D eigenvalue weighted by molar-refractivity contribution is 0.624. The molecule has 0 aliphatic heterocycles. The average molecular weight is 321 g/mol. The fourth-order valence-electron chi connectivity index (χ4n) is 3.72. The predicted octanol–water partition coefficient (Wildman–Crippen LogP) is 5.05. The number of hydrogen-bond donors (Lipinski definition) is 1. The first kappa shape index (κ1) is 15.1. The zero-order valence-corrected chi connectivity index (χ0v) is 13.8. The molecule has 0 unspecified atom stereocenters. The van der Waals surface area contributed by atoms with Crippen LogP contribution in [0.2, 0.25) is 0 Å². The Morgan fingerprint density at radius 2 is 1.96 bits per heavy atom. The van der Waals surface area contributed by atoms with Gasteiger partial charge in [0.1, 0.15) is 11.6 Å². The summed E-state index contributed by atoms with van der Waals surface area (Å²) in [5.74, 6) is 0.273. The molecule has 0 amide bonds. The number of anilines is 1. The highest BCUT2D eigenvalue weighted by atomic mass is 19.1. The van der Waals surface area contributed by atoms with Gasteiger partial charge in [-0.1, -0.05) is 24.3 Å². The molecule has 0 atom stereocenters. The van der Waals surface area contributed by atoms with Gasteiger partial charge in [0.05, 0.1) is 18.1 Å². The first-order chi connectivity index (χ1) is 11.6. The maximum absolute atomic E-state index is 13.8. The molecule has 1 N–H and O–H groups in total. The number of benzene rings is 1. The summed E-state index contributed by atoms with van der Waals surface area (Å²) in [6.45, 7) is 6.10. The van der Waals surface area contributed by atoms with Gasteiger partial charge in [0.25, 0.3) is 0 Å². The third-order valence-electron chi connectivity index (χ3n) is 5.18. The molecule has 4 heteroatoms. The Morgan fingerprint density at radius 3 is 2.62 bits per heavy atom. The molecule has 2 aliphatic carbocycles. The van der Waals surface area contributed by atoms with E-state index >= 15 is 0 Å². The van der Waals surface area contributed by atoms with Crippen LogP contribution in [0.15, 0.2) is 48.8 Å². The van der Waals surface area contributed by atoms with Crippen LogP contribution in [-0.4, -0.2) is 9.97 Å². The molecule has 2 aliphatic rings. The SMILES string of the molecule is C=C(Nc1cnc(C2=C(C)CCC23CC3)cn1)c1ccccc1F. The molecular weight excluding hydrogens is 301 g/mol. The van der Waals surface area contributed by atoms with E-state index in [1.807, 2.05) is 6.20 Å². The normalized spacial score (nSPS) is 18.1. The minimum atomic E-state index is -0.304. The molecule has 1 saturated carbocycles. The van der Waals surface area contributed by atoms with E-state index in [0.717, 1.165) is 5.69 Å². The lowest BCUT2D eigenvalue weighted by Crippen LogP contribution is -2.05. The van der Waals surface area contributed by atoms with Gasteiger partial charge in [-0.2, -0.15) is 0 Å². The van der Waals surface area contributed by atoms with Crippen molar-refractivity contribution in [1.82, 2.24) is 9.97 Å². The first-order valence-corrected chi connectivity index (χ1v) is 8.33. The number of halogens is 1. The minimum absolute atomic E-state index is 0.304. The molecule has 1 aromatic carbocycles. The Balaban J connectivity index is 1.54. The predicted molar refractivity (Wildman–Crippen MR) is 94.6 cm³/mol. The summed E-state index contributed by atoms with van der Waals surface area (Å²) in [5, 5.41) is 3.04. The molecule has 1 fully saturated rings. The van der Waals surface area contributed by atoms with Crippen molar-refractivity contribution in [3.05, 3.63) is 65.9 Å². The quantitative estimate of drug-likeness (QED) is 0.856. The fourth-order valence-corrected chi connectivity index (χ4v) is 3.72. The van der Waals surface area contributed by atoms with Crippen LogP contribution < -0.4 is 5.32 Å². The second kappa shape index (κ2) is 5.55. The van der Waals surface area contributed by atoms with Crippen molar-refractivity contribution in [2.24, 2.45) is 5.41 Å². The molecule has 0 radical (unpaired) electrons. The van der Waals surface area contributed by atoms with E-state index in [-0.39, 0.29) is 5.82 Å². The van der Waals surface area contributed by atoms with Crippen LogP contribution in [-0.2, 0) is 0 Å². The Morgan fingerprint density at radius 1 is 1.17 bits per heavy atom. The van der Waals surface area contributed by atoms with Crippen molar-refractivity contribution < 1.29 is 4.39 Å². The van der Waals surface area contributed by atoms with Crippen LogP contribution in [0.5, 0.6) is 0 Å². The average Bonchev–Trinajstić information content (AvgIpc) is 3.28. The van der Waals surface area contributed by atoms with Gasteiger partial charge < -0.3 is 5.32 Å². The smallest absolute Gasteiger partial charge is 0.148 e. The van der Waals surface area contributed by atoms with E-state index in [0.29, 0.717) is 22.5 Å². The summed E-state index contributed by atoms with van der Waals surface area (Å²) in [6, 6.07) is 6.55. The second-order valence-electron chi connectivity index (χ2n) is 6.81. The third-order valence-corrected chi connectivity index (χ3v) is 5.18. The maximum atomic E-state index is 13.8. The highest BCUT2D eigenvalue weighted by Gasteiger charge is 2.50. The van der Waals surface area contributed by atoms with Crippen molar-refractivity contribution in [1.29, 1.82) is 0 Å². The summed E-state index contributed by atoms with van der Waals surface area (Å²) < 4.78 is 13.8. The molecule has 1 spiro atoms. The number of nitrogens with zero attached hydrogens (tertiary/aromatic N) is 2. The first-order valence-electron chi connectivity index (χ1n) is 8.33. The van der Waals surface area contributed by atoms with Crippen molar-refractivity contribution in [3.63, 3.8) is 0 Å². The Labute approximate surface area is 141 Å². The summed E-state index contributed by atoms with van der Waals surface area (Å²) in [4.78, 5) is 9.05. The molecule has 24 heavy (non-hydrogen) atoms. The van der Waals surface area contributed by atoms with Crippen LogP contribution >= 0.6 is 0 Å². The van der Waals surface area contributed by atoms with E-state index in [4.69, 9.17) is 0 Å². The number of rotatable bonds is 4. The van der Waals surface area contributed by atoms with Gasteiger partial charge in [-0.15, -0.1) is 0 Å². The van der Waals surface area contributed by atoms with E-state index in [9.17, 15) is 4.39 Å². The molecule has 0 bridgehead atoms. The highest BCUT2D eigenvalue weighted by molar-refractivity contribution is 5.76. The van der Waals surface area contributed by atoms with Gasteiger partial charge in [-0.3, -0.25) is 4.98 Å². The van der Waals surface area contributed by atoms with Crippen molar-refractivity contribution in [2.75, 3.05) is 5.32 Å². The Kier molecular flexibility index (Phi) is 3.48. The third kappa shape index (κ3) is 2.52. The van der Waals surface area contributed by atoms with Gasteiger partial charge in [-0.25, -0.2) is 9.37 Å². The molecule has 1 heterocycles. The molecular formula is C20H20FN3. The largest absolute Gasteiger partial charge is 0.339 e. The Hall–Kier alpha value is -2.49. The Bertz CT molecular complexity index is 832. The summed E-state index contributed by atoms with van der Waals surface area (Å²) in [7, 11) is 0. The molecule has 4 rings (SSSR count). The van der Waals surface area contributed by atoms with Gasteiger partial charge >= 0.3 is 0 Å². The van der Waals surface area contributed by atoms with Gasteiger partial charge in [-0.05, 0) is 55.7 Å². The molecule has 0 saturated heterocycles.